The number of hydrogen-bond donors (Lipinski definition) is 2. The van der Waals surface area contributed by atoms with Crippen molar-refractivity contribution in [3.05, 3.63) is 29.1 Å². The summed E-state index contributed by atoms with van der Waals surface area (Å²) in [6, 6.07) is 1.54. The molecule has 8 heteroatoms. The van der Waals surface area contributed by atoms with E-state index in [1.807, 2.05) is 0 Å². The molecule has 2 aromatic heterocycles. The number of aromatic nitrogens is 2. The first-order valence-corrected chi connectivity index (χ1v) is 12.8. The summed E-state index contributed by atoms with van der Waals surface area (Å²) < 4.78 is 28.2. The highest BCUT2D eigenvalue weighted by atomic mass is 28.3. The van der Waals surface area contributed by atoms with Crippen molar-refractivity contribution in [2.24, 2.45) is 0 Å². The minimum absolute atomic E-state index is 0.0183. The number of carbonyl (C=O) groups excluding carboxylic acids is 1. The summed E-state index contributed by atoms with van der Waals surface area (Å²) in [5.74, 6) is -2.18. The van der Waals surface area contributed by atoms with E-state index in [9.17, 15) is 13.6 Å². The Labute approximate surface area is 144 Å². The maximum atomic E-state index is 14.0. The second-order valence-electron chi connectivity index (χ2n) is 6.89. The standard InChI is InChI=1S/C16H23F2N3OSi2/c1-8-12(17)13(18)10-6-11(21-14(10)19-8)15(22)20-9-4-5-16(7-9,23-2)24-3/h6,9H,4-5,7,23-24H2,1-3H3,(H,19,21)(H,20,22)/t9-/m1/s1. The highest BCUT2D eigenvalue weighted by Crippen LogP contribution is 2.43. The topological polar surface area (TPSA) is 57.8 Å². The molecule has 0 aliphatic heterocycles. The second-order valence-corrected chi connectivity index (χ2v) is 12.3. The monoisotopic (exact) mass is 367 g/mol. The van der Waals surface area contributed by atoms with Gasteiger partial charge >= 0.3 is 0 Å². The van der Waals surface area contributed by atoms with Crippen LogP contribution < -0.4 is 5.32 Å². The van der Waals surface area contributed by atoms with Crippen LogP contribution in [0, 0.1) is 18.6 Å². The summed E-state index contributed by atoms with van der Waals surface area (Å²) in [7, 11) is -0.156. The van der Waals surface area contributed by atoms with Gasteiger partial charge < -0.3 is 10.3 Å². The Morgan fingerprint density at radius 2 is 2.08 bits per heavy atom. The molecule has 130 valence electrons. The molecule has 0 spiro atoms. The van der Waals surface area contributed by atoms with Crippen LogP contribution in [0.4, 0.5) is 8.78 Å². The van der Waals surface area contributed by atoms with Gasteiger partial charge in [-0.1, -0.05) is 19.5 Å². The second kappa shape index (κ2) is 6.40. The number of H-pyrrole nitrogens is 1. The van der Waals surface area contributed by atoms with Gasteiger partial charge in [-0.25, -0.2) is 13.8 Å². The minimum atomic E-state index is -0.963. The fraction of sp³-hybridized carbons (Fsp3) is 0.500. The molecule has 2 heterocycles. The number of halogens is 2. The van der Waals surface area contributed by atoms with Crippen LogP contribution in [0.2, 0.25) is 17.8 Å². The van der Waals surface area contributed by atoms with E-state index in [2.05, 4.69) is 28.4 Å². The third-order valence-electron chi connectivity index (χ3n) is 5.61. The first-order valence-electron chi connectivity index (χ1n) is 8.54. The van der Waals surface area contributed by atoms with Crippen molar-refractivity contribution in [1.82, 2.24) is 15.3 Å². The summed E-state index contributed by atoms with van der Waals surface area (Å²) in [6.07, 6.45) is 3.34. The lowest BCUT2D eigenvalue weighted by Crippen LogP contribution is -2.34. The zero-order chi connectivity index (χ0) is 17.5. The van der Waals surface area contributed by atoms with E-state index in [-0.39, 0.29) is 53.4 Å². The van der Waals surface area contributed by atoms with Crippen LogP contribution in [-0.4, -0.2) is 41.0 Å². The Balaban J connectivity index is 1.79. The molecule has 24 heavy (non-hydrogen) atoms. The fourth-order valence-electron chi connectivity index (χ4n) is 3.80. The number of amides is 1. The first kappa shape index (κ1) is 17.3. The smallest absolute Gasteiger partial charge is 0.267 e. The molecule has 0 bridgehead atoms. The van der Waals surface area contributed by atoms with Crippen LogP contribution >= 0.6 is 0 Å². The Morgan fingerprint density at radius 3 is 2.71 bits per heavy atom. The zero-order valence-corrected chi connectivity index (χ0v) is 17.1. The van der Waals surface area contributed by atoms with Crippen LogP contribution in [0.15, 0.2) is 6.07 Å². The Hall–Kier alpha value is -1.55. The van der Waals surface area contributed by atoms with E-state index in [4.69, 9.17) is 0 Å². The molecule has 0 unspecified atom stereocenters. The van der Waals surface area contributed by atoms with Crippen molar-refractivity contribution in [1.29, 1.82) is 0 Å². The van der Waals surface area contributed by atoms with Crippen molar-refractivity contribution in [3.63, 3.8) is 0 Å². The van der Waals surface area contributed by atoms with Crippen LogP contribution in [0.5, 0.6) is 0 Å². The Morgan fingerprint density at radius 1 is 1.38 bits per heavy atom. The summed E-state index contributed by atoms with van der Waals surface area (Å²) in [5.41, 5.74) is 0.427. The van der Waals surface area contributed by atoms with E-state index in [1.54, 1.807) is 0 Å². The van der Waals surface area contributed by atoms with Gasteiger partial charge in [-0.2, -0.15) is 0 Å². The van der Waals surface area contributed by atoms with Gasteiger partial charge in [0.1, 0.15) is 11.3 Å². The van der Waals surface area contributed by atoms with Crippen molar-refractivity contribution in [3.8, 4) is 0 Å². The predicted octanol–water partition coefficient (Wildman–Crippen LogP) is 1.98. The summed E-state index contributed by atoms with van der Waals surface area (Å²) in [5, 5.41) is 3.08. The van der Waals surface area contributed by atoms with Crippen molar-refractivity contribution in [2.45, 2.75) is 50.0 Å². The number of rotatable bonds is 4. The summed E-state index contributed by atoms with van der Waals surface area (Å²) in [6.45, 7) is 6.13. The molecule has 3 rings (SSSR count). The van der Waals surface area contributed by atoms with E-state index in [0.29, 0.717) is 4.66 Å². The lowest BCUT2D eigenvalue weighted by molar-refractivity contribution is 0.0933. The highest BCUT2D eigenvalue weighted by Gasteiger charge is 2.37. The number of hydrogen-bond acceptors (Lipinski definition) is 2. The number of aryl methyl sites for hydroxylation is 1. The largest absolute Gasteiger partial charge is 0.348 e. The molecule has 0 aromatic carbocycles. The van der Waals surface area contributed by atoms with Gasteiger partial charge in [-0.3, -0.25) is 4.79 Å². The van der Waals surface area contributed by atoms with Crippen LogP contribution in [0.25, 0.3) is 11.0 Å². The van der Waals surface area contributed by atoms with Gasteiger partial charge in [-0.05, 0) is 30.5 Å². The van der Waals surface area contributed by atoms with Gasteiger partial charge in [0.05, 0.1) is 11.1 Å². The third kappa shape index (κ3) is 2.92. The molecule has 2 aromatic rings. The summed E-state index contributed by atoms with van der Waals surface area (Å²) in [4.78, 5) is 19.3. The van der Waals surface area contributed by atoms with Crippen molar-refractivity contribution >= 4 is 36.0 Å². The minimum Gasteiger partial charge on any atom is -0.348 e. The summed E-state index contributed by atoms with van der Waals surface area (Å²) >= 11 is 0. The van der Waals surface area contributed by atoms with Crippen molar-refractivity contribution < 1.29 is 13.6 Å². The van der Waals surface area contributed by atoms with E-state index < -0.39 is 11.6 Å². The predicted molar refractivity (Wildman–Crippen MR) is 97.4 cm³/mol. The van der Waals surface area contributed by atoms with Gasteiger partial charge in [0.15, 0.2) is 11.6 Å². The highest BCUT2D eigenvalue weighted by molar-refractivity contribution is 6.60. The molecule has 1 saturated carbocycles. The quantitative estimate of drug-likeness (QED) is 0.812. The maximum absolute atomic E-state index is 14.0. The fourth-order valence-corrected chi connectivity index (χ4v) is 8.19. The van der Waals surface area contributed by atoms with Gasteiger partial charge in [0.25, 0.3) is 5.91 Å². The average Bonchev–Trinajstić information content (AvgIpc) is 3.17. The first-order chi connectivity index (χ1) is 11.4. The third-order valence-corrected chi connectivity index (χ3v) is 12.9. The SMILES string of the molecule is C[SiH2]C1([SiH2]C)CC[C@@H](NC(=O)c2cc3c(F)c(F)c(C)nc3[nH]2)C1. The van der Waals surface area contributed by atoms with Crippen LogP contribution in [-0.2, 0) is 0 Å². The molecule has 1 aliphatic carbocycles. The molecular formula is C16H23F2N3OSi2. The molecule has 1 atom stereocenters. The number of pyridine rings is 1. The molecule has 0 radical (unpaired) electrons. The molecule has 0 saturated heterocycles. The molecule has 4 nitrogen and oxygen atoms in total. The number of aromatic amines is 1. The molecular weight excluding hydrogens is 344 g/mol. The molecule has 1 aliphatic rings. The number of nitrogens with zero attached hydrogens (tertiary/aromatic N) is 1. The van der Waals surface area contributed by atoms with Gasteiger partial charge in [-0.15, -0.1) is 0 Å². The van der Waals surface area contributed by atoms with E-state index in [1.165, 1.54) is 19.4 Å². The Kier molecular flexibility index (Phi) is 4.61. The number of fused-ring (bicyclic) bond motifs is 1. The van der Waals surface area contributed by atoms with Gasteiger partial charge in [0, 0.05) is 25.1 Å². The van der Waals surface area contributed by atoms with Crippen LogP contribution in [0.3, 0.4) is 0 Å². The number of nitrogens with one attached hydrogen (secondary N) is 2. The average molecular weight is 368 g/mol. The lowest BCUT2D eigenvalue weighted by atomic mass is 10.2. The molecule has 2 N–H and O–H groups in total. The van der Waals surface area contributed by atoms with Crippen LogP contribution in [0.1, 0.15) is 35.4 Å². The lowest BCUT2D eigenvalue weighted by Gasteiger charge is -2.25. The van der Waals surface area contributed by atoms with Gasteiger partial charge in [0.2, 0.25) is 0 Å². The normalized spacial score (nSPS) is 24.8. The maximum Gasteiger partial charge on any atom is 0.267 e. The Bertz CT molecular complexity index is 789. The van der Waals surface area contributed by atoms with E-state index >= 15 is 0 Å². The molecule has 1 amide bonds. The number of carbonyl (C=O) groups is 1. The molecule has 1 fully saturated rings. The zero-order valence-electron chi connectivity index (χ0n) is 14.3. The van der Waals surface area contributed by atoms with E-state index in [0.717, 1.165) is 12.8 Å². The van der Waals surface area contributed by atoms with Crippen molar-refractivity contribution in [2.75, 3.05) is 0 Å².